The zero-order valence-electron chi connectivity index (χ0n) is 7.56. The Morgan fingerprint density at radius 2 is 2.23 bits per heavy atom. The largest absolute Gasteiger partial charge is 0.207 e. The van der Waals surface area contributed by atoms with E-state index in [1.807, 2.05) is 12.1 Å². The van der Waals surface area contributed by atoms with E-state index in [9.17, 15) is 4.39 Å². The molecule has 1 aromatic rings. The Morgan fingerprint density at radius 3 is 2.77 bits per heavy atom. The van der Waals surface area contributed by atoms with Crippen molar-refractivity contribution in [3.8, 4) is 0 Å². The van der Waals surface area contributed by atoms with Crippen LogP contribution in [-0.4, -0.2) is 0 Å². The first-order valence-electron chi connectivity index (χ1n) is 4.20. The van der Waals surface area contributed by atoms with Crippen LogP contribution in [0.2, 0.25) is 0 Å². The van der Waals surface area contributed by atoms with Gasteiger partial charge in [0.2, 0.25) is 0 Å². The molecule has 0 radical (unpaired) electrons. The molecule has 13 heavy (non-hydrogen) atoms. The van der Waals surface area contributed by atoms with E-state index in [1.165, 1.54) is 6.07 Å². The first kappa shape index (κ1) is 10.5. The number of halogens is 2. The van der Waals surface area contributed by atoms with Gasteiger partial charge in [-0.15, -0.1) is 6.58 Å². The van der Waals surface area contributed by atoms with Gasteiger partial charge in [-0.3, -0.25) is 0 Å². The molecule has 0 bridgehead atoms. The molecule has 1 rings (SSSR count). The fraction of sp³-hybridized carbons (Fsp3) is 0.273. The third-order valence-electron chi connectivity index (χ3n) is 1.97. The van der Waals surface area contributed by atoms with Crippen molar-refractivity contribution in [2.24, 2.45) is 0 Å². The van der Waals surface area contributed by atoms with Gasteiger partial charge in [-0.05, 0) is 36.1 Å². The maximum absolute atomic E-state index is 13.0. The van der Waals surface area contributed by atoms with Gasteiger partial charge in [-0.25, -0.2) is 4.39 Å². The molecule has 1 aromatic carbocycles. The summed E-state index contributed by atoms with van der Waals surface area (Å²) in [5.74, 6) is 0.129. The number of benzene rings is 1. The number of rotatable bonds is 3. The van der Waals surface area contributed by atoms with Gasteiger partial charge in [-0.1, -0.05) is 28.9 Å². The van der Waals surface area contributed by atoms with Crippen LogP contribution in [0.5, 0.6) is 0 Å². The predicted octanol–water partition coefficient (Wildman–Crippen LogP) is 4.27. The fourth-order valence-electron chi connectivity index (χ4n) is 1.25. The van der Waals surface area contributed by atoms with E-state index in [0.717, 1.165) is 16.5 Å². The lowest BCUT2D eigenvalue weighted by molar-refractivity contribution is 0.620. The Labute approximate surface area is 86.6 Å². The normalized spacial score (nSPS) is 12.5. The first-order valence-corrected chi connectivity index (χ1v) is 4.99. The molecule has 2 heteroatoms. The molecule has 0 saturated carbocycles. The molecule has 0 aromatic heterocycles. The standard InChI is InChI=1S/C11H12BrF/c1-3-4-8(2)9-5-10(12)7-11(13)6-9/h3,5-8H,1,4H2,2H3. The van der Waals surface area contributed by atoms with E-state index >= 15 is 0 Å². The summed E-state index contributed by atoms with van der Waals surface area (Å²) < 4.78 is 13.8. The molecule has 0 saturated heterocycles. The van der Waals surface area contributed by atoms with E-state index in [1.54, 1.807) is 6.07 Å². The Hall–Kier alpha value is -0.630. The lowest BCUT2D eigenvalue weighted by Crippen LogP contribution is -1.92. The van der Waals surface area contributed by atoms with Crippen molar-refractivity contribution in [2.45, 2.75) is 19.3 Å². The fourth-order valence-corrected chi connectivity index (χ4v) is 1.73. The highest BCUT2D eigenvalue weighted by molar-refractivity contribution is 9.10. The van der Waals surface area contributed by atoms with E-state index in [4.69, 9.17) is 0 Å². The van der Waals surface area contributed by atoms with Crippen molar-refractivity contribution in [1.29, 1.82) is 0 Å². The third-order valence-corrected chi connectivity index (χ3v) is 2.43. The van der Waals surface area contributed by atoms with Crippen LogP contribution < -0.4 is 0 Å². The van der Waals surface area contributed by atoms with E-state index in [-0.39, 0.29) is 5.82 Å². The Kier molecular flexibility index (Phi) is 3.67. The molecule has 1 unspecified atom stereocenters. The monoisotopic (exact) mass is 242 g/mol. The SMILES string of the molecule is C=CCC(C)c1cc(F)cc(Br)c1. The Morgan fingerprint density at radius 1 is 1.54 bits per heavy atom. The van der Waals surface area contributed by atoms with Gasteiger partial charge in [0.25, 0.3) is 0 Å². The summed E-state index contributed by atoms with van der Waals surface area (Å²) in [4.78, 5) is 0. The minimum Gasteiger partial charge on any atom is -0.207 e. The van der Waals surface area contributed by atoms with Crippen molar-refractivity contribution >= 4 is 15.9 Å². The van der Waals surface area contributed by atoms with Gasteiger partial charge >= 0.3 is 0 Å². The van der Waals surface area contributed by atoms with Gasteiger partial charge in [0.05, 0.1) is 0 Å². The molecule has 0 aliphatic carbocycles. The zero-order valence-corrected chi connectivity index (χ0v) is 9.14. The molecule has 0 aliphatic rings. The summed E-state index contributed by atoms with van der Waals surface area (Å²) in [6.07, 6.45) is 2.72. The summed E-state index contributed by atoms with van der Waals surface area (Å²) in [7, 11) is 0. The van der Waals surface area contributed by atoms with Crippen LogP contribution in [0, 0.1) is 5.82 Å². The second kappa shape index (κ2) is 4.56. The van der Waals surface area contributed by atoms with Crippen molar-refractivity contribution in [2.75, 3.05) is 0 Å². The molecule has 0 heterocycles. The minimum absolute atomic E-state index is 0.194. The van der Waals surface area contributed by atoms with Crippen molar-refractivity contribution in [3.63, 3.8) is 0 Å². The van der Waals surface area contributed by atoms with Crippen LogP contribution >= 0.6 is 15.9 Å². The molecule has 0 aliphatic heterocycles. The van der Waals surface area contributed by atoms with Gasteiger partial charge < -0.3 is 0 Å². The number of hydrogen-bond donors (Lipinski definition) is 0. The lowest BCUT2D eigenvalue weighted by atomic mass is 9.98. The zero-order chi connectivity index (χ0) is 9.84. The summed E-state index contributed by atoms with van der Waals surface area (Å²) in [6, 6.07) is 4.97. The number of hydrogen-bond acceptors (Lipinski definition) is 0. The second-order valence-corrected chi connectivity index (χ2v) is 4.04. The maximum atomic E-state index is 13.0. The van der Waals surface area contributed by atoms with Crippen molar-refractivity contribution in [3.05, 3.63) is 46.7 Å². The highest BCUT2D eigenvalue weighted by Gasteiger charge is 2.05. The molecular formula is C11H12BrF. The average Bonchev–Trinajstić information content (AvgIpc) is 2.03. The molecule has 0 amide bonds. The molecule has 70 valence electrons. The molecular weight excluding hydrogens is 231 g/mol. The van der Waals surface area contributed by atoms with Gasteiger partial charge in [0, 0.05) is 4.47 Å². The smallest absolute Gasteiger partial charge is 0.124 e. The van der Waals surface area contributed by atoms with Crippen LogP contribution in [0.15, 0.2) is 35.3 Å². The molecule has 1 atom stereocenters. The van der Waals surface area contributed by atoms with Crippen LogP contribution in [0.4, 0.5) is 4.39 Å². The summed E-state index contributed by atoms with van der Waals surface area (Å²) in [5, 5.41) is 0. The molecule has 0 nitrogen and oxygen atoms in total. The highest BCUT2D eigenvalue weighted by Crippen LogP contribution is 2.23. The van der Waals surface area contributed by atoms with Crippen LogP contribution in [0.25, 0.3) is 0 Å². The quantitative estimate of drug-likeness (QED) is 0.695. The molecule has 0 N–H and O–H groups in total. The summed E-state index contributed by atoms with van der Waals surface area (Å²) >= 11 is 3.27. The van der Waals surface area contributed by atoms with Crippen molar-refractivity contribution < 1.29 is 4.39 Å². The van der Waals surface area contributed by atoms with Gasteiger partial charge in [-0.2, -0.15) is 0 Å². The summed E-state index contributed by atoms with van der Waals surface area (Å²) in [5.41, 5.74) is 1.01. The molecule has 0 fully saturated rings. The number of allylic oxidation sites excluding steroid dienone is 1. The second-order valence-electron chi connectivity index (χ2n) is 3.13. The van der Waals surface area contributed by atoms with Crippen LogP contribution in [0.1, 0.15) is 24.8 Å². The van der Waals surface area contributed by atoms with E-state index in [2.05, 4.69) is 29.4 Å². The van der Waals surface area contributed by atoms with Crippen molar-refractivity contribution in [1.82, 2.24) is 0 Å². The van der Waals surface area contributed by atoms with Gasteiger partial charge in [0.1, 0.15) is 5.82 Å². The minimum atomic E-state index is -0.194. The first-order chi connectivity index (χ1) is 6.13. The maximum Gasteiger partial charge on any atom is 0.124 e. The topological polar surface area (TPSA) is 0 Å². The van der Waals surface area contributed by atoms with Crippen LogP contribution in [0.3, 0.4) is 0 Å². The average molecular weight is 243 g/mol. The lowest BCUT2D eigenvalue weighted by Gasteiger charge is -2.09. The summed E-state index contributed by atoms with van der Waals surface area (Å²) in [6.45, 7) is 5.72. The third kappa shape index (κ3) is 2.96. The Bertz CT molecular complexity index is 287. The van der Waals surface area contributed by atoms with E-state index in [0.29, 0.717) is 5.92 Å². The van der Waals surface area contributed by atoms with Crippen LogP contribution in [-0.2, 0) is 0 Å². The highest BCUT2D eigenvalue weighted by atomic mass is 79.9. The Balaban J connectivity index is 2.93. The van der Waals surface area contributed by atoms with E-state index < -0.39 is 0 Å². The van der Waals surface area contributed by atoms with Gasteiger partial charge in [0.15, 0.2) is 0 Å². The predicted molar refractivity (Wildman–Crippen MR) is 57.3 cm³/mol. The molecule has 0 spiro atoms.